The van der Waals surface area contributed by atoms with E-state index in [-0.39, 0.29) is 10.8 Å². The highest BCUT2D eigenvalue weighted by atomic mass is 32.2. The number of aryl methyl sites for hydroxylation is 1. The highest BCUT2D eigenvalue weighted by Crippen LogP contribution is 2.22. The number of hydrogen-bond donors (Lipinski definition) is 2. The highest BCUT2D eigenvalue weighted by Gasteiger charge is 2.16. The highest BCUT2D eigenvalue weighted by molar-refractivity contribution is 7.92. The van der Waals surface area contributed by atoms with Crippen molar-refractivity contribution in [1.82, 2.24) is 5.32 Å². The van der Waals surface area contributed by atoms with E-state index in [1.54, 1.807) is 18.2 Å². The maximum absolute atomic E-state index is 12.6. The van der Waals surface area contributed by atoms with Crippen molar-refractivity contribution in [3.63, 3.8) is 0 Å². The van der Waals surface area contributed by atoms with Crippen LogP contribution in [0.1, 0.15) is 54.1 Å². The zero-order valence-corrected chi connectivity index (χ0v) is 17.0. The predicted octanol–water partition coefficient (Wildman–Crippen LogP) is 4.41. The molecule has 2 rings (SSSR count). The third kappa shape index (κ3) is 5.82. The van der Waals surface area contributed by atoms with Crippen molar-refractivity contribution >= 4 is 21.6 Å². The molecule has 0 bridgehead atoms. The van der Waals surface area contributed by atoms with E-state index in [4.69, 9.17) is 0 Å². The summed E-state index contributed by atoms with van der Waals surface area (Å²) >= 11 is 0. The number of carbonyl (C=O) groups is 1. The van der Waals surface area contributed by atoms with Crippen LogP contribution >= 0.6 is 0 Å². The van der Waals surface area contributed by atoms with Gasteiger partial charge < -0.3 is 5.32 Å². The van der Waals surface area contributed by atoms with E-state index in [0.29, 0.717) is 17.8 Å². The van der Waals surface area contributed by atoms with Crippen LogP contribution in [0.5, 0.6) is 0 Å². The molecule has 0 aliphatic heterocycles. The Balaban J connectivity index is 2.03. The van der Waals surface area contributed by atoms with Gasteiger partial charge in [-0.1, -0.05) is 38.3 Å². The van der Waals surface area contributed by atoms with Crippen molar-refractivity contribution in [2.24, 2.45) is 0 Å². The average molecular weight is 389 g/mol. The van der Waals surface area contributed by atoms with Gasteiger partial charge in [-0.15, -0.1) is 0 Å². The van der Waals surface area contributed by atoms with Crippen LogP contribution in [-0.4, -0.2) is 20.9 Å². The van der Waals surface area contributed by atoms with Gasteiger partial charge in [0.15, 0.2) is 0 Å². The topological polar surface area (TPSA) is 75.3 Å². The minimum absolute atomic E-state index is 0.128. The molecule has 0 radical (unpaired) electrons. The van der Waals surface area contributed by atoms with Crippen LogP contribution < -0.4 is 10.0 Å². The summed E-state index contributed by atoms with van der Waals surface area (Å²) in [7, 11) is -3.70. The van der Waals surface area contributed by atoms with E-state index in [1.165, 1.54) is 12.1 Å². The predicted molar refractivity (Wildman–Crippen MR) is 110 cm³/mol. The number of amides is 1. The molecule has 2 N–H and O–H groups in total. The lowest BCUT2D eigenvalue weighted by atomic mass is 10.1. The molecule has 0 atom stereocenters. The smallest absolute Gasteiger partial charge is 0.261 e. The van der Waals surface area contributed by atoms with Gasteiger partial charge in [0.25, 0.3) is 15.9 Å². The van der Waals surface area contributed by atoms with Crippen LogP contribution in [0.3, 0.4) is 0 Å². The molecule has 146 valence electrons. The van der Waals surface area contributed by atoms with Crippen LogP contribution in [0.4, 0.5) is 5.69 Å². The van der Waals surface area contributed by atoms with Crippen molar-refractivity contribution in [3.05, 3.63) is 59.2 Å². The Morgan fingerprint density at radius 1 is 0.963 bits per heavy atom. The monoisotopic (exact) mass is 388 g/mol. The van der Waals surface area contributed by atoms with Crippen LogP contribution in [0, 0.1) is 13.8 Å². The van der Waals surface area contributed by atoms with Crippen molar-refractivity contribution in [2.45, 2.75) is 51.3 Å². The van der Waals surface area contributed by atoms with E-state index < -0.39 is 10.0 Å². The number of unbranched alkanes of at least 4 members (excludes halogenated alkanes) is 3. The van der Waals surface area contributed by atoms with E-state index in [0.717, 1.165) is 36.8 Å². The third-order valence-electron chi connectivity index (χ3n) is 4.59. The summed E-state index contributed by atoms with van der Waals surface area (Å²) in [6.07, 6.45) is 4.36. The minimum Gasteiger partial charge on any atom is -0.352 e. The summed E-state index contributed by atoms with van der Waals surface area (Å²) in [6, 6.07) is 11.5. The summed E-state index contributed by atoms with van der Waals surface area (Å²) in [4.78, 5) is 12.3. The number of hydrogen-bond acceptors (Lipinski definition) is 3. The van der Waals surface area contributed by atoms with Gasteiger partial charge in [0.1, 0.15) is 0 Å². The molecule has 2 aromatic rings. The Hall–Kier alpha value is -2.34. The second kappa shape index (κ2) is 9.55. The molecular formula is C21H28N2O3S. The van der Waals surface area contributed by atoms with Crippen LogP contribution in [0.2, 0.25) is 0 Å². The second-order valence-corrected chi connectivity index (χ2v) is 8.38. The van der Waals surface area contributed by atoms with Crippen LogP contribution in [-0.2, 0) is 10.0 Å². The molecule has 0 aromatic heterocycles. The molecule has 0 spiro atoms. The summed E-state index contributed by atoms with van der Waals surface area (Å²) in [5.41, 5.74) is 2.92. The Morgan fingerprint density at radius 2 is 1.67 bits per heavy atom. The molecule has 1 amide bonds. The van der Waals surface area contributed by atoms with E-state index in [2.05, 4.69) is 17.0 Å². The number of rotatable bonds is 9. The largest absolute Gasteiger partial charge is 0.352 e. The molecule has 27 heavy (non-hydrogen) atoms. The lowest BCUT2D eigenvalue weighted by Crippen LogP contribution is -2.24. The summed E-state index contributed by atoms with van der Waals surface area (Å²) in [6.45, 7) is 6.58. The fraction of sp³-hybridized carbons (Fsp3) is 0.381. The number of sulfonamides is 1. The Morgan fingerprint density at radius 3 is 2.33 bits per heavy atom. The fourth-order valence-electron chi connectivity index (χ4n) is 2.71. The number of carbonyl (C=O) groups excluding carboxylic acids is 1. The molecule has 0 aliphatic rings. The van der Waals surface area contributed by atoms with Gasteiger partial charge in [0.05, 0.1) is 10.6 Å². The molecular weight excluding hydrogens is 360 g/mol. The molecule has 2 aromatic carbocycles. The third-order valence-corrected chi connectivity index (χ3v) is 5.97. The first-order valence-electron chi connectivity index (χ1n) is 9.32. The maximum Gasteiger partial charge on any atom is 0.261 e. The fourth-order valence-corrected chi connectivity index (χ4v) is 3.83. The first kappa shape index (κ1) is 21.0. The Bertz CT molecular complexity index is 875. The van der Waals surface area contributed by atoms with Crippen LogP contribution in [0.25, 0.3) is 0 Å². The molecule has 0 saturated heterocycles. The van der Waals surface area contributed by atoms with E-state index in [1.807, 2.05) is 26.0 Å². The lowest BCUT2D eigenvalue weighted by Gasteiger charge is -2.12. The van der Waals surface area contributed by atoms with Gasteiger partial charge >= 0.3 is 0 Å². The molecule has 6 heteroatoms. The van der Waals surface area contributed by atoms with Crippen molar-refractivity contribution < 1.29 is 13.2 Å². The number of benzene rings is 2. The standard InChI is InChI=1S/C21H28N2O3S/c1-4-5-6-7-15-22-21(24)18-11-13-19(14-12-18)27(25,26)23-20-10-8-9-16(2)17(20)3/h8-14,23H,4-7,15H2,1-3H3,(H,22,24). The van der Waals surface area contributed by atoms with Gasteiger partial charge in [0.2, 0.25) is 0 Å². The average Bonchev–Trinajstić information content (AvgIpc) is 2.65. The Labute approximate surface area is 162 Å². The van der Waals surface area contributed by atoms with E-state index >= 15 is 0 Å². The quantitative estimate of drug-likeness (QED) is 0.625. The van der Waals surface area contributed by atoms with Gasteiger partial charge in [-0.05, 0) is 61.7 Å². The van der Waals surface area contributed by atoms with Gasteiger partial charge in [-0.2, -0.15) is 0 Å². The zero-order chi connectivity index (χ0) is 19.9. The summed E-state index contributed by atoms with van der Waals surface area (Å²) in [5, 5.41) is 2.87. The first-order chi connectivity index (χ1) is 12.8. The first-order valence-corrected chi connectivity index (χ1v) is 10.8. The molecule has 0 fully saturated rings. The van der Waals surface area contributed by atoms with E-state index in [9.17, 15) is 13.2 Å². The molecule has 5 nitrogen and oxygen atoms in total. The van der Waals surface area contributed by atoms with Gasteiger partial charge in [0, 0.05) is 12.1 Å². The normalized spacial score (nSPS) is 11.2. The SMILES string of the molecule is CCCCCCNC(=O)c1ccc(S(=O)(=O)Nc2cccc(C)c2C)cc1. The minimum atomic E-state index is -3.70. The summed E-state index contributed by atoms with van der Waals surface area (Å²) < 4.78 is 27.8. The molecule has 0 saturated carbocycles. The van der Waals surface area contributed by atoms with Crippen molar-refractivity contribution in [3.8, 4) is 0 Å². The van der Waals surface area contributed by atoms with Gasteiger partial charge in [-0.25, -0.2) is 8.42 Å². The molecule has 0 unspecified atom stereocenters. The summed E-state index contributed by atoms with van der Waals surface area (Å²) in [5.74, 6) is -0.182. The van der Waals surface area contributed by atoms with Crippen molar-refractivity contribution in [1.29, 1.82) is 0 Å². The Kier molecular flexibility index (Phi) is 7.42. The lowest BCUT2D eigenvalue weighted by molar-refractivity contribution is 0.0953. The molecule has 0 heterocycles. The zero-order valence-electron chi connectivity index (χ0n) is 16.2. The number of nitrogens with one attached hydrogen (secondary N) is 2. The molecule has 0 aliphatic carbocycles. The number of anilines is 1. The second-order valence-electron chi connectivity index (χ2n) is 6.69. The van der Waals surface area contributed by atoms with Gasteiger partial charge in [-0.3, -0.25) is 9.52 Å². The van der Waals surface area contributed by atoms with Crippen molar-refractivity contribution in [2.75, 3.05) is 11.3 Å². The maximum atomic E-state index is 12.6. The van der Waals surface area contributed by atoms with Crippen LogP contribution in [0.15, 0.2) is 47.4 Å².